The molecule has 0 saturated carbocycles. The second kappa shape index (κ2) is 8.35. The monoisotopic (exact) mass is 297 g/mol. The first-order chi connectivity index (χ1) is 10.7. The van der Waals surface area contributed by atoms with Crippen molar-refractivity contribution in [3.8, 4) is 0 Å². The molecule has 22 heavy (non-hydrogen) atoms. The Kier molecular flexibility index (Phi) is 6.16. The van der Waals surface area contributed by atoms with Gasteiger partial charge in [-0.15, -0.1) is 0 Å². The van der Waals surface area contributed by atoms with E-state index in [1.54, 1.807) is 0 Å². The van der Waals surface area contributed by atoms with Gasteiger partial charge in [0.1, 0.15) is 0 Å². The van der Waals surface area contributed by atoms with E-state index in [1.807, 2.05) is 30.3 Å². The van der Waals surface area contributed by atoms with E-state index in [2.05, 4.69) is 36.5 Å². The van der Waals surface area contributed by atoms with Gasteiger partial charge in [0.05, 0.1) is 6.04 Å². The predicted molar refractivity (Wildman–Crippen MR) is 88.5 cm³/mol. The molecule has 0 aromatic heterocycles. The van der Waals surface area contributed by atoms with E-state index < -0.39 is 0 Å². The summed E-state index contributed by atoms with van der Waals surface area (Å²) in [6.45, 7) is 2.10. The molecule has 0 aliphatic carbocycles. The number of carbonyl (C=O) groups excluding carboxylic acids is 1. The van der Waals surface area contributed by atoms with Gasteiger partial charge in [0.2, 0.25) is 5.91 Å². The van der Waals surface area contributed by atoms with E-state index in [9.17, 15) is 9.90 Å². The van der Waals surface area contributed by atoms with Gasteiger partial charge >= 0.3 is 0 Å². The van der Waals surface area contributed by atoms with Gasteiger partial charge in [-0.1, -0.05) is 60.2 Å². The highest BCUT2D eigenvalue weighted by atomic mass is 16.3. The average molecular weight is 297 g/mol. The molecule has 2 aromatic carbocycles. The summed E-state index contributed by atoms with van der Waals surface area (Å²) in [7, 11) is 0. The van der Waals surface area contributed by atoms with Gasteiger partial charge in [0, 0.05) is 13.0 Å². The topological polar surface area (TPSA) is 49.3 Å². The van der Waals surface area contributed by atoms with Crippen LogP contribution in [0.5, 0.6) is 0 Å². The second-order valence-electron chi connectivity index (χ2n) is 5.53. The first-order valence-corrected chi connectivity index (χ1v) is 7.70. The fraction of sp³-hybridized carbons (Fsp3) is 0.316. The molecular formula is C19H23NO2. The minimum Gasteiger partial charge on any atom is -0.396 e. The fourth-order valence-corrected chi connectivity index (χ4v) is 2.42. The maximum absolute atomic E-state index is 12.1. The van der Waals surface area contributed by atoms with Crippen molar-refractivity contribution in [2.45, 2.75) is 32.2 Å². The SMILES string of the molecule is Cc1ccc(CCC(=O)NC(CCO)c2ccccc2)cc1. The van der Waals surface area contributed by atoms with Gasteiger partial charge in [0.15, 0.2) is 0 Å². The minimum atomic E-state index is -0.128. The zero-order valence-electron chi connectivity index (χ0n) is 13.0. The summed E-state index contributed by atoms with van der Waals surface area (Å²) in [4.78, 5) is 12.1. The molecule has 3 heteroatoms. The number of rotatable bonds is 7. The molecule has 1 atom stereocenters. The van der Waals surface area contributed by atoms with Crippen molar-refractivity contribution >= 4 is 5.91 Å². The lowest BCUT2D eigenvalue weighted by Gasteiger charge is -2.18. The largest absolute Gasteiger partial charge is 0.396 e. The Bertz CT molecular complexity index is 578. The lowest BCUT2D eigenvalue weighted by Crippen LogP contribution is -2.29. The van der Waals surface area contributed by atoms with Crippen LogP contribution >= 0.6 is 0 Å². The summed E-state index contributed by atoms with van der Waals surface area (Å²) in [6.07, 6.45) is 1.71. The Morgan fingerprint density at radius 3 is 2.41 bits per heavy atom. The Labute approximate surface area is 132 Å². The van der Waals surface area contributed by atoms with E-state index in [0.29, 0.717) is 12.8 Å². The van der Waals surface area contributed by atoms with Crippen molar-refractivity contribution < 1.29 is 9.90 Å². The van der Waals surface area contributed by atoms with Crippen LogP contribution in [-0.4, -0.2) is 17.6 Å². The molecule has 0 bridgehead atoms. The van der Waals surface area contributed by atoms with E-state index in [0.717, 1.165) is 12.0 Å². The number of carbonyl (C=O) groups is 1. The molecule has 2 N–H and O–H groups in total. The molecule has 3 nitrogen and oxygen atoms in total. The predicted octanol–water partition coefficient (Wildman–Crippen LogP) is 3.17. The number of amides is 1. The van der Waals surface area contributed by atoms with Crippen molar-refractivity contribution in [1.82, 2.24) is 5.32 Å². The average Bonchev–Trinajstić information content (AvgIpc) is 2.55. The number of hydrogen-bond donors (Lipinski definition) is 2. The number of nitrogens with one attached hydrogen (secondary N) is 1. The number of aliphatic hydroxyl groups is 1. The number of aliphatic hydroxyl groups excluding tert-OH is 1. The molecule has 0 aliphatic heterocycles. The van der Waals surface area contributed by atoms with Crippen LogP contribution in [0, 0.1) is 6.92 Å². The number of aryl methyl sites for hydroxylation is 2. The van der Waals surface area contributed by atoms with Gasteiger partial charge in [-0.2, -0.15) is 0 Å². The quantitative estimate of drug-likeness (QED) is 0.824. The summed E-state index contributed by atoms with van der Waals surface area (Å²) in [5.41, 5.74) is 3.42. The van der Waals surface area contributed by atoms with Gasteiger partial charge in [-0.25, -0.2) is 0 Å². The zero-order chi connectivity index (χ0) is 15.8. The molecule has 0 saturated heterocycles. The van der Waals surface area contributed by atoms with Crippen LogP contribution in [0.2, 0.25) is 0 Å². The van der Waals surface area contributed by atoms with Crippen molar-refractivity contribution in [2.24, 2.45) is 0 Å². The maximum atomic E-state index is 12.1. The van der Waals surface area contributed by atoms with Crippen LogP contribution < -0.4 is 5.32 Å². The number of hydrogen-bond acceptors (Lipinski definition) is 2. The molecule has 2 aromatic rings. The van der Waals surface area contributed by atoms with Crippen molar-refractivity contribution in [1.29, 1.82) is 0 Å². The van der Waals surface area contributed by atoms with Crippen LogP contribution in [0.3, 0.4) is 0 Å². The highest BCUT2D eigenvalue weighted by molar-refractivity contribution is 5.76. The van der Waals surface area contributed by atoms with Crippen LogP contribution in [0.15, 0.2) is 54.6 Å². The van der Waals surface area contributed by atoms with Crippen LogP contribution in [0.4, 0.5) is 0 Å². The van der Waals surface area contributed by atoms with Crippen LogP contribution in [0.1, 0.15) is 35.6 Å². The van der Waals surface area contributed by atoms with E-state index in [-0.39, 0.29) is 18.6 Å². The Balaban J connectivity index is 1.89. The highest BCUT2D eigenvalue weighted by Gasteiger charge is 2.13. The molecule has 1 unspecified atom stereocenters. The Morgan fingerprint density at radius 1 is 1.09 bits per heavy atom. The summed E-state index contributed by atoms with van der Waals surface area (Å²) in [5.74, 6) is 0.0166. The Hall–Kier alpha value is -2.13. The normalized spacial score (nSPS) is 11.9. The standard InChI is InChI=1S/C19H23NO2/c1-15-7-9-16(10-8-15)11-12-19(22)20-18(13-14-21)17-5-3-2-4-6-17/h2-10,18,21H,11-14H2,1H3,(H,20,22). The molecule has 0 radical (unpaired) electrons. The fourth-order valence-electron chi connectivity index (χ4n) is 2.42. The van der Waals surface area contributed by atoms with Crippen LogP contribution in [0.25, 0.3) is 0 Å². The van der Waals surface area contributed by atoms with E-state index in [4.69, 9.17) is 0 Å². The van der Waals surface area contributed by atoms with E-state index in [1.165, 1.54) is 11.1 Å². The van der Waals surface area contributed by atoms with Crippen molar-refractivity contribution in [2.75, 3.05) is 6.61 Å². The molecule has 116 valence electrons. The molecule has 0 heterocycles. The molecular weight excluding hydrogens is 274 g/mol. The lowest BCUT2D eigenvalue weighted by atomic mass is 10.0. The second-order valence-corrected chi connectivity index (χ2v) is 5.53. The van der Waals surface area contributed by atoms with Gasteiger partial charge in [-0.05, 0) is 30.9 Å². The third-order valence-corrected chi connectivity index (χ3v) is 3.72. The van der Waals surface area contributed by atoms with Crippen molar-refractivity contribution in [3.63, 3.8) is 0 Å². The molecule has 0 spiro atoms. The summed E-state index contributed by atoms with van der Waals surface area (Å²) in [5, 5.41) is 12.2. The van der Waals surface area contributed by atoms with Crippen LogP contribution in [-0.2, 0) is 11.2 Å². The third kappa shape index (κ3) is 5.01. The van der Waals surface area contributed by atoms with Gasteiger partial charge in [-0.3, -0.25) is 4.79 Å². The third-order valence-electron chi connectivity index (χ3n) is 3.72. The lowest BCUT2D eigenvalue weighted by molar-refractivity contribution is -0.121. The summed E-state index contributed by atoms with van der Waals surface area (Å²) < 4.78 is 0. The smallest absolute Gasteiger partial charge is 0.220 e. The Morgan fingerprint density at radius 2 is 1.77 bits per heavy atom. The first kappa shape index (κ1) is 16.2. The highest BCUT2D eigenvalue weighted by Crippen LogP contribution is 2.16. The first-order valence-electron chi connectivity index (χ1n) is 7.70. The van der Waals surface area contributed by atoms with Crippen molar-refractivity contribution in [3.05, 3.63) is 71.3 Å². The molecule has 2 rings (SSSR count). The summed E-state index contributed by atoms with van der Waals surface area (Å²) >= 11 is 0. The molecule has 1 amide bonds. The van der Waals surface area contributed by atoms with Gasteiger partial charge in [0.25, 0.3) is 0 Å². The van der Waals surface area contributed by atoms with Gasteiger partial charge < -0.3 is 10.4 Å². The zero-order valence-corrected chi connectivity index (χ0v) is 13.0. The maximum Gasteiger partial charge on any atom is 0.220 e. The molecule has 0 fully saturated rings. The minimum absolute atomic E-state index is 0.0166. The molecule has 0 aliphatic rings. The van der Waals surface area contributed by atoms with E-state index >= 15 is 0 Å². The number of benzene rings is 2. The summed E-state index contributed by atoms with van der Waals surface area (Å²) in [6, 6.07) is 17.9.